The molecule has 2 aliphatic rings. The van der Waals surface area contributed by atoms with Gasteiger partial charge in [0, 0.05) is 20.2 Å². The molecule has 0 atom stereocenters. The summed E-state index contributed by atoms with van der Waals surface area (Å²) in [6.45, 7) is 35.5. The zero-order valence-electron chi connectivity index (χ0n) is 25.9. The van der Waals surface area contributed by atoms with Crippen molar-refractivity contribution in [3.8, 4) is 11.5 Å². The second-order valence-electron chi connectivity index (χ2n) is 15.8. The van der Waals surface area contributed by atoms with Crippen LogP contribution in [0.2, 0.25) is 20.2 Å². The molecular weight excluding hydrogens is 483 g/mol. The lowest BCUT2D eigenvalue weighted by Crippen LogP contribution is -2.70. The van der Waals surface area contributed by atoms with E-state index in [1.807, 2.05) is 6.07 Å². The highest BCUT2D eigenvalue weighted by atomic mass is 28.5. The van der Waals surface area contributed by atoms with Crippen molar-refractivity contribution in [2.45, 2.75) is 142 Å². The topological polar surface area (TPSA) is 46.2 Å². The van der Waals surface area contributed by atoms with Gasteiger partial charge in [-0.25, -0.2) is 0 Å². The molecule has 0 aromatic heterocycles. The molecule has 5 nitrogen and oxygen atoms in total. The normalized spacial score (nSPS) is 23.4. The molecule has 1 aromatic rings. The molecule has 1 aromatic carbocycles. The van der Waals surface area contributed by atoms with Crippen molar-refractivity contribution in [2.75, 3.05) is 0 Å². The first kappa shape index (κ1) is 29.8. The fourth-order valence-corrected chi connectivity index (χ4v) is 19.4. The molecule has 0 aliphatic carbocycles. The highest BCUT2D eigenvalue weighted by Gasteiger charge is 2.72. The molecule has 3 rings (SSSR count). The van der Waals surface area contributed by atoms with Crippen LogP contribution in [-0.2, 0) is 13.4 Å². The van der Waals surface area contributed by atoms with Crippen LogP contribution >= 0.6 is 0 Å². The van der Waals surface area contributed by atoms with Gasteiger partial charge in [-0.3, -0.25) is 0 Å². The van der Waals surface area contributed by atoms with Crippen LogP contribution in [0.4, 0.5) is 0 Å². The van der Waals surface area contributed by atoms with Gasteiger partial charge in [0.15, 0.2) is 0 Å². The average Bonchev–Trinajstić information content (AvgIpc) is 2.78. The van der Waals surface area contributed by atoms with E-state index in [-0.39, 0.29) is 20.2 Å². The summed E-state index contributed by atoms with van der Waals surface area (Å²) in [6.07, 6.45) is 0. The van der Waals surface area contributed by atoms with Crippen molar-refractivity contribution in [1.82, 2.24) is 0 Å². The van der Waals surface area contributed by atoms with Gasteiger partial charge >= 0.3 is 24.2 Å². The SMILES string of the molecule is CC1(C)OB(c2ccc3c(c2)O[Si](C(C)(C)C)(C(C)(C)C)O[Si](C(C)(C)C)(C(C)(C)C)O3)OC1(C)C. The monoisotopic (exact) mass is 534 g/mol. The number of hydrogen-bond acceptors (Lipinski definition) is 5. The first-order chi connectivity index (χ1) is 15.8. The Hall–Kier alpha value is -0.801. The molecule has 0 unspecified atom stereocenters. The molecule has 0 N–H and O–H groups in total. The third-order valence-corrected chi connectivity index (χ3v) is 19.5. The largest absolute Gasteiger partial charge is 0.517 e. The smallest absolute Gasteiger partial charge is 0.494 e. The summed E-state index contributed by atoms with van der Waals surface area (Å²) in [4.78, 5) is 0. The van der Waals surface area contributed by atoms with E-state index < -0.39 is 35.4 Å². The minimum absolute atomic E-state index is 0.199. The molecule has 0 saturated carbocycles. The van der Waals surface area contributed by atoms with Crippen LogP contribution in [0, 0.1) is 0 Å². The molecule has 204 valence electrons. The van der Waals surface area contributed by atoms with E-state index in [4.69, 9.17) is 22.3 Å². The molecule has 0 radical (unpaired) electrons. The Kier molecular flexibility index (Phi) is 6.90. The van der Waals surface area contributed by atoms with Gasteiger partial charge in [0.05, 0.1) is 11.2 Å². The predicted octanol–water partition coefficient (Wildman–Crippen LogP) is 7.86. The van der Waals surface area contributed by atoms with Crippen molar-refractivity contribution < 1.29 is 22.3 Å². The minimum Gasteiger partial charge on any atom is -0.517 e. The predicted molar refractivity (Wildman–Crippen MR) is 155 cm³/mol. The fourth-order valence-electron chi connectivity index (χ4n) is 5.84. The highest BCUT2D eigenvalue weighted by molar-refractivity contribution is 6.87. The lowest BCUT2D eigenvalue weighted by molar-refractivity contribution is 0.00578. The van der Waals surface area contributed by atoms with E-state index in [9.17, 15) is 0 Å². The quantitative estimate of drug-likeness (QED) is 0.343. The Labute approximate surface area is 223 Å². The van der Waals surface area contributed by atoms with E-state index in [0.717, 1.165) is 17.0 Å². The van der Waals surface area contributed by atoms with Crippen molar-refractivity contribution in [3.63, 3.8) is 0 Å². The molecule has 1 saturated heterocycles. The van der Waals surface area contributed by atoms with Gasteiger partial charge in [-0.1, -0.05) is 89.2 Å². The van der Waals surface area contributed by atoms with E-state index in [1.54, 1.807) is 0 Å². The number of benzene rings is 1. The summed E-state index contributed by atoms with van der Waals surface area (Å²) in [7, 11) is -6.44. The molecule has 8 heteroatoms. The summed E-state index contributed by atoms with van der Waals surface area (Å²) in [5, 5.41) is -0.832. The molecule has 0 amide bonds. The van der Waals surface area contributed by atoms with Gasteiger partial charge < -0.3 is 22.3 Å². The zero-order valence-corrected chi connectivity index (χ0v) is 27.9. The van der Waals surface area contributed by atoms with Crippen LogP contribution in [0.15, 0.2) is 18.2 Å². The van der Waals surface area contributed by atoms with Crippen molar-refractivity contribution >= 4 is 29.7 Å². The molecule has 2 aliphatic heterocycles. The summed E-state index contributed by atoms with van der Waals surface area (Å²) in [5.41, 5.74) is 0.101. The first-order valence-corrected chi connectivity index (χ1v) is 17.0. The van der Waals surface area contributed by atoms with Crippen molar-refractivity contribution in [1.29, 1.82) is 0 Å². The van der Waals surface area contributed by atoms with Crippen LogP contribution in [0.5, 0.6) is 11.5 Å². The summed E-state index contributed by atoms with van der Waals surface area (Å²) in [5.74, 6) is 1.50. The second-order valence-corrected chi connectivity index (χ2v) is 25.5. The van der Waals surface area contributed by atoms with Gasteiger partial charge in [0.25, 0.3) is 0 Å². The van der Waals surface area contributed by atoms with Gasteiger partial charge in [-0.05, 0) is 45.3 Å². The van der Waals surface area contributed by atoms with Crippen LogP contribution in [0.1, 0.15) is 111 Å². The Bertz CT molecular complexity index is 949. The minimum atomic E-state index is -3.01. The maximum Gasteiger partial charge on any atom is 0.494 e. The zero-order chi connectivity index (χ0) is 28.0. The summed E-state index contributed by atoms with van der Waals surface area (Å²) in [6, 6.07) is 6.15. The lowest BCUT2D eigenvalue weighted by atomic mass is 9.79. The molecule has 0 bridgehead atoms. The molecule has 1 fully saturated rings. The fraction of sp³-hybridized carbons (Fsp3) is 0.786. The van der Waals surface area contributed by atoms with E-state index in [1.165, 1.54) is 0 Å². The third-order valence-electron chi connectivity index (χ3n) is 8.24. The molecule has 0 spiro atoms. The van der Waals surface area contributed by atoms with E-state index in [0.29, 0.717) is 0 Å². The van der Waals surface area contributed by atoms with Crippen LogP contribution < -0.4 is 14.3 Å². The standard InChI is InChI=1S/C28H51BO5Si2/c1-23(2,3)35(24(4,5)6)30-21-18-17-20(29-32-27(13,14)28(15,16)33-29)19-22(21)31-36(34-35,25(7,8)9)26(10,11)12/h17-19H,1-16H3. The Balaban J connectivity index is 2.30. The molecule has 36 heavy (non-hydrogen) atoms. The third kappa shape index (κ3) is 4.53. The van der Waals surface area contributed by atoms with Gasteiger partial charge in [-0.15, -0.1) is 0 Å². The van der Waals surface area contributed by atoms with E-state index in [2.05, 4.69) is 123 Å². The van der Waals surface area contributed by atoms with E-state index >= 15 is 0 Å². The van der Waals surface area contributed by atoms with Crippen LogP contribution in [-0.4, -0.2) is 35.4 Å². The van der Waals surface area contributed by atoms with Crippen LogP contribution in [0.25, 0.3) is 0 Å². The lowest BCUT2D eigenvalue weighted by Gasteiger charge is -2.56. The average molecular weight is 535 g/mol. The number of rotatable bonds is 1. The van der Waals surface area contributed by atoms with Gasteiger partial charge in [0.1, 0.15) is 11.5 Å². The summed E-state index contributed by atoms with van der Waals surface area (Å²) >= 11 is 0. The number of hydrogen-bond donors (Lipinski definition) is 0. The van der Waals surface area contributed by atoms with Gasteiger partial charge in [0.2, 0.25) is 0 Å². The number of fused-ring (bicyclic) bond motifs is 1. The second kappa shape index (κ2) is 8.35. The Morgan fingerprint density at radius 2 is 0.944 bits per heavy atom. The van der Waals surface area contributed by atoms with Gasteiger partial charge in [-0.2, -0.15) is 0 Å². The maximum atomic E-state index is 7.63. The summed E-state index contributed by atoms with van der Waals surface area (Å²) < 4.78 is 34.8. The first-order valence-electron chi connectivity index (χ1n) is 13.4. The Morgan fingerprint density at radius 3 is 1.31 bits per heavy atom. The van der Waals surface area contributed by atoms with Crippen molar-refractivity contribution in [2.24, 2.45) is 0 Å². The van der Waals surface area contributed by atoms with Crippen LogP contribution in [0.3, 0.4) is 0 Å². The van der Waals surface area contributed by atoms with Crippen molar-refractivity contribution in [3.05, 3.63) is 18.2 Å². The maximum absolute atomic E-state index is 7.63. The Morgan fingerprint density at radius 1 is 0.583 bits per heavy atom. The molecule has 2 heterocycles. The highest BCUT2D eigenvalue weighted by Crippen LogP contribution is 2.62. The molecular formula is C28H51BO5Si2.